The largest absolute Gasteiger partial charge is 0.299 e. The Labute approximate surface area is 112 Å². The summed E-state index contributed by atoms with van der Waals surface area (Å²) in [7, 11) is 0.952. The van der Waals surface area contributed by atoms with Crippen LogP contribution in [0.2, 0.25) is 19.6 Å². The molecule has 1 aliphatic rings. The lowest BCUT2D eigenvalue weighted by molar-refractivity contribution is 0.316. The van der Waals surface area contributed by atoms with Gasteiger partial charge in [-0.3, -0.25) is 4.90 Å². The zero-order valence-corrected chi connectivity index (χ0v) is 13.0. The molecule has 0 atom stereocenters. The van der Waals surface area contributed by atoms with Crippen LogP contribution in [0.25, 0.3) is 0 Å². The molecule has 2 heteroatoms. The van der Waals surface area contributed by atoms with Crippen LogP contribution >= 0.6 is 0 Å². The van der Waals surface area contributed by atoms with Crippen molar-refractivity contribution in [3.05, 3.63) is 35.4 Å². The molecule has 0 unspecified atom stereocenters. The van der Waals surface area contributed by atoms with Gasteiger partial charge in [0.15, 0.2) is 0 Å². The molecule has 0 aliphatic heterocycles. The van der Waals surface area contributed by atoms with Gasteiger partial charge >= 0.3 is 0 Å². The van der Waals surface area contributed by atoms with Gasteiger partial charge in [-0.25, -0.2) is 0 Å². The van der Waals surface area contributed by atoms with E-state index in [4.69, 9.17) is 0 Å². The summed E-state index contributed by atoms with van der Waals surface area (Å²) < 4.78 is 0. The molecule has 0 amide bonds. The molecule has 1 aliphatic carbocycles. The Hall–Kier alpha value is -1.04. The Kier molecular flexibility index (Phi) is 3.94. The van der Waals surface area contributed by atoms with E-state index in [2.05, 4.69) is 67.3 Å². The van der Waals surface area contributed by atoms with Crippen molar-refractivity contribution in [2.75, 3.05) is 7.05 Å². The third-order valence-electron chi connectivity index (χ3n) is 3.11. The van der Waals surface area contributed by atoms with Gasteiger partial charge in [-0.15, -0.1) is 5.54 Å². The monoisotopic (exact) mass is 257 g/mol. The van der Waals surface area contributed by atoms with Crippen molar-refractivity contribution in [2.24, 2.45) is 0 Å². The second kappa shape index (κ2) is 5.30. The lowest BCUT2D eigenvalue weighted by Gasteiger charge is -2.15. The molecule has 1 saturated carbocycles. The standard InChI is InChI=1S/C16H23NSi/c1-17(16-8-9-16)13-15-7-5-6-14(12-15)10-11-18(2,3)4/h5-7,12,16H,8-9,13H2,1-4H3. The van der Waals surface area contributed by atoms with Crippen LogP contribution in [0.15, 0.2) is 24.3 Å². The highest BCUT2D eigenvalue weighted by atomic mass is 28.3. The van der Waals surface area contributed by atoms with Gasteiger partial charge in [-0.2, -0.15) is 0 Å². The first-order valence-corrected chi connectivity index (χ1v) is 10.3. The van der Waals surface area contributed by atoms with E-state index in [1.54, 1.807) is 0 Å². The van der Waals surface area contributed by atoms with E-state index in [-0.39, 0.29) is 0 Å². The molecule has 0 bridgehead atoms. The average Bonchev–Trinajstić information content (AvgIpc) is 3.09. The zero-order chi connectivity index (χ0) is 13.2. The van der Waals surface area contributed by atoms with Crippen molar-refractivity contribution in [3.63, 3.8) is 0 Å². The summed E-state index contributed by atoms with van der Waals surface area (Å²) in [6.45, 7) is 7.90. The predicted octanol–water partition coefficient (Wildman–Crippen LogP) is 3.51. The van der Waals surface area contributed by atoms with Crippen molar-refractivity contribution in [1.29, 1.82) is 0 Å². The average molecular weight is 257 g/mol. The van der Waals surface area contributed by atoms with Gasteiger partial charge in [-0.1, -0.05) is 37.7 Å². The molecule has 1 fully saturated rings. The van der Waals surface area contributed by atoms with Crippen molar-refractivity contribution >= 4 is 8.07 Å². The van der Waals surface area contributed by atoms with Gasteiger partial charge in [0, 0.05) is 18.2 Å². The van der Waals surface area contributed by atoms with E-state index in [0.29, 0.717) is 0 Å². The molecule has 1 aromatic carbocycles. The normalized spacial score (nSPS) is 15.4. The second-order valence-electron chi connectivity index (χ2n) is 6.35. The fraction of sp³-hybridized carbons (Fsp3) is 0.500. The van der Waals surface area contributed by atoms with E-state index in [0.717, 1.165) is 12.6 Å². The molecule has 96 valence electrons. The number of benzene rings is 1. The number of hydrogen-bond acceptors (Lipinski definition) is 1. The highest BCUT2D eigenvalue weighted by molar-refractivity contribution is 6.83. The van der Waals surface area contributed by atoms with Crippen molar-refractivity contribution < 1.29 is 0 Å². The first-order chi connectivity index (χ1) is 8.44. The lowest BCUT2D eigenvalue weighted by atomic mass is 10.1. The summed E-state index contributed by atoms with van der Waals surface area (Å²) in [4.78, 5) is 2.45. The maximum absolute atomic E-state index is 3.43. The Morgan fingerprint density at radius 2 is 2.00 bits per heavy atom. The summed E-state index contributed by atoms with van der Waals surface area (Å²) >= 11 is 0. The number of nitrogens with zero attached hydrogens (tertiary/aromatic N) is 1. The smallest absolute Gasteiger partial charge is 0.129 e. The number of rotatable bonds is 3. The minimum absolute atomic E-state index is 0.821. The zero-order valence-electron chi connectivity index (χ0n) is 12.0. The molecular formula is C16H23NSi. The predicted molar refractivity (Wildman–Crippen MR) is 81.2 cm³/mol. The quantitative estimate of drug-likeness (QED) is 0.591. The fourth-order valence-electron chi connectivity index (χ4n) is 1.94. The molecule has 1 nitrogen and oxygen atoms in total. The van der Waals surface area contributed by atoms with Gasteiger partial charge in [0.05, 0.1) is 0 Å². The first-order valence-electron chi connectivity index (χ1n) is 6.76. The van der Waals surface area contributed by atoms with Crippen molar-refractivity contribution in [1.82, 2.24) is 4.90 Å². The number of hydrogen-bond donors (Lipinski definition) is 0. The molecule has 1 aromatic rings. The Morgan fingerprint density at radius 1 is 1.28 bits per heavy atom. The summed E-state index contributed by atoms with van der Waals surface area (Å²) in [5, 5.41) is 0. The molecule has 2 rings (SSSR count). The van der Waals surface area contributed by atoms with Crippen LogP contribution in [0, 0.1) is 11.5 Å². The van der Waals surface area contributed by atoms with Gasteiger partial charge < -0.3 is 0 Å². The van der Waals surface area contributed by atoms with Crippen LogP contribution in [-0.4, -0.2) is 26.1 Å². The second-order valence-corrected chi connectivity index (χ2v) is 11.1. The van der Waals surface area contributed by atoms with Gasteiger partial charge in [0.25, 0.3) is 0 Å². The minimum atomic E-state index is -1.27. The summed E-state index contributed by atoms with van der Waals surface area (Å²) in [5.41, 5.74) is 5.98. The van der Waals surface area contributed by atoms with Crippen molar-refractivity contribution in [2.45, 2.75) is 45.1 Å². The molecule has 0 aromatic heterocycles. The topological polar surface area (TPSA) is 3.24 Å². The minimum Gasteiger partial charge on any atom is -0.299 e. The highest BCUT2D eigenvalue weighted by Gasteiger charge is 2.25. The Balaban J connectivity index is 2.06. The maximum Gasteiger partial charge on any atom is 0.129 e. The van der Waals surface area contributed by atoms with Gasteiger partial charge in [0.2, 0.25) is 0 Å². The van der Waals surface area contributed by atoms with Crippen LogP contribution < -0.4 is 0 Å². The molecule has 0 saturated heterocycles. The summed E-state index contributed by atoms with van der Waals surface area (Å²) in [5.74, 6) is 3.34. The van der Waals surface area contributed by atoms with Crippen LogP contribution in [0.3, 0.4) is 0 Å². The summed E-state index contributed by atoms with van der Waals surface area (Å²) in [6.07, 6.45) is 2.73. The van der Waals surface area contributed by atoms with Crippen LogP contribution in [-0.2, 0) is 6.54 Å². The molecular weight excluding hydrogens is 234 g/mol. The van der Waals surface area contributed by atoms with Crippen LogP contribution in [0.1, 0.15) is 24.0 Å². The molecule has 0 N–H and O–H groups in total. The lowest BCUT2D eigenvalue weighted by Crippen LogP contribution is -2.19. The van der Waals surface area contributed by atoms with Crippen LogP contribution in [0.5, 0.6) is 0 Å². The van der Waals surface area contributed by atoms with Crippen LogP contribution in [0.4, 0.5) is 0 Å². The SMILES string of the molecule is CN(Cc1cccc(C#C[Si](C)(C)C)c1)C1CC1. The van der Waals surface area contributed by atoms with Gasteiger partial charge in [-0.05, 0) is 37.6 Å². The summed E-state index contributed by atoms with van der Waals surface area (Å²) in [6, 6.07) is 9.52. The van der Waals surface area contributed by atoms with Gasteiger partial charge in [0.1, 0.15) is 8.07 Å². The Bertz CT molecular complexity index is 472. The molecule has 18 heavy (non-hydrogen) atoms. The Morgan fingerprint density at radius 3 is 2.61 bits per heavy atom. The molecule has 0 heterocycles. The first kappa shape index (κ1) is 13.4. The third-order valence-corrected chi connectivity index (χ3v) is 3.99. The fourth-order valence-corrected chi connectivity index (χ4v) is 2.46. The maximum atomic E-state index is 3.43. The van der Waals surface area contributed by atoms with E-state index >= 15 is 0 Å². The van der Waals surface area contributed by atoms with E-state index in [9.17, 15) is 0 Å². The highest BCUT2D eigenvalue weighted by Crippen LogP contribution is 2.26. The van der Waals surface area contributed by atoms with E-state index in [1.807, 2.05) is 0 Å². The van der Waals surface area contributed by atoms with E-state index in [1.165, 1.54) is 24.0 Å². The molecule has 0 spiro atoms. The van der Waals surface area contributed by atoms with Crippen molar-refractivity contribution in [3.8, 4) is 11.5 Å². The third kappa shape index (κ3) is 4.32. The van der Waals surface area contributed by atoms with E-state index < -0.39 is 8.07 Å². The molecule has 0 radical (unpaired) electrons.